The van der Waals surface area contributed by atoms with Gasteiger partial charge in [-0.2, -0.15) is 4.98 Å². The molecule has 3 rings (SSSR count). The van der Waals surface area contributed by atoms with Crippen molar-refractivity contribution in [2.45, 2.75) is 6.54 Å². The van der Waals surface area contributed by atoms with Gasteiger partial charge in [0.1, 0.15) is 5.76 Å². The van der Waals surface area contributed by atoms with Crippen molar-refractivity contribution in [3.05, 3.63) is 64.8 Å². The SMILES string of the molecule is O=C(/C=C/c1ccco1)NCc1nc(-c2ccc[nH]c2=O)no1. The van der Waals surface area contributed by atoms with Crippen LogP contribution in [0, 0.1) is 0 Å². The van der Waals surface area contributed by atoms with Gasteiger partial charge in [0, 0.05) is 12.3 Å². The number of aromatic nitrogens is 3. The molecule has 0 aromatic carbocycles. The quantitative estimate of drug-likeness (QED) is 0.687. The van der Waals surface area contributed by atoms with Crippen LogP contribution in [0.5, 0.6) is 0 Å². The molecule has 0 atom stereocenters. The number of hydrogen-bond donors (Lipinski definition) is 2. The lowest BCUT2D eigenvalue weighted by Crippen LogP contribution is -2.20. The molecule has 0 bridgehead atoms. The van der Waals surface area contributed by atoms with Gasteiger partial charge in [0.15, 0.2) is 0 Å². The van der Waals surface area contributed by atoms with Crippen molar-refractivity contribution in [1.29, 1.82) is 0 Å². The third kappa shape index (κ3) is 3.62. The van der Waals surface area contributed by atoms with Gasteiger partial charge < -0.3 is 19.2 Å². The number of carbonyl (C=O) groups is 1. The summed E-state index contributed by atoms with van der Waals surface area (Å²) in [5, 5.41) is 6.31. The molecule has 0 unspecified atom stereocenters. The number of rotatable bonds is 5. The molecule has 0 aliphatic carbocycles. The van der Waals surface area contributed by atoms with Gasteiger partial charge in [-0.25, -0.2) is 0 Å². The summed E-state index contributed by atoms with van der Waals surface area (Å²) in [4.78, 5) is 29.9. The van der Waals surface area contributed by atoms with Crippen molar-refractivity contribution in [3.63, 3.8) is 0 Å². The first-order valence-electron chi connectivity index (χ1n) is 6.72. The van der Waals surface area contributed by atoms with Crippen molar-refractivity contribution < 1.29 is 13.7 Å². The molecular formula is C15H12N4O4. The van der Waals surface area contributed by atoms with E-state index in [2.05, 4.69) is 20.4 Å². The Balaban J connectivity index is 1.60. The molecule has 3 heterocycles. The van der Waals surface area contributed by atoms with E-state index < -0.39 is 0 Å². The summed E-state index contributed by atoms with van der Waals surface area (Å²) >= 11 is 0. The maximum absolute atomic E-state index is 11.7. The molecule has 0 aliphatic rings. The summed E-state index contributed by atoms with van der Waals surface area (Å²) in [5.74, 6) is 0.604. The van der Waals surface area contributed by atoms with Crippen LogP contribution in [0.1, 0.15) is 11.7 Å². The Kier molecular flexibility index (Phi) is 4.14. The summed E-state index contributed by atoms with van der Waals surface area (Å²) in [7, 11) is 0. The lowest BCUT2D eigenvalue weighted by molar-refractivity contribution is -0.116. The second kappa shape index (κ2) is 6.56. The molecule has 1 amide bonds. The number of H-pyrrole nitrogens is 1. The first-order chi connectivity index (χ1) is 11.2. The summed E-state index contributed by atoms with van der Waals surface area (Å²) in [5.41, 5.74) is -0.0168. The predicted molar refractivity (Wildman–Crippen MR) is 79.9 cm³/mol. The Bertz CT molecular complexity index is 877. The zero-order valence-corrected chi connectivity index (χ0v) is 11.9. The second-order valence-electron chi connectivity index (χ2n) is 4.49. The van der Waals surface area contributed by atoms with Crippen LogP contribution >= 0.6 is 0 Å². The molecule has 0 radical (unpaired) electrons. The van der Waals surface area contributed by atoms with E-state index in [0.717, 1.165) is 0 Å². The summed E-state index contributed by atoms with van der Waals surface area (Å²) in [6, 6.07) is 6.69. The fourth-order valence-electron chi connectivity index (χ4n) is 1.80. The van der Waals surface area contributed by atoms with Gasteiger partial charge in [-0.3, -0.25) is 9.59 Å². The number of nitrogens with zero attached hydrogens (tertiary/aromatic N) is 2. The normalized spacial score (nSPS) is 11.0. The lowest BCUT2D eigenvalue weighted by Gasteiger charge is -1.96. The fourth-order valence-corrected chi connectivity index (χ4v) is 1.80. The van der Waals surface area contributed by atoms with Crippen LogP contribution in [0.25, 0.3) is 17.5 Å². The van der Waals surface area contributed by atoms with Crippen LogP contribution in [0.15, 0.2) is 56.5 Å². The predicted octanol–water partition coefficient (Wildman–Crippen LogP) is 1.35. The van der Waals surface area contributed by atoms with E-state index in [-0.39, 0.29) is 29.7 Å². The van der Waals surface area contributed by atoms with Crippen molar-refractivity contribution in [2.24, 2.45) is 0 Å². The van der Waals surface area contributed by atoms with E-state index in [9.17, 15) is 9.59 Å². The second-order valence-corrected chi connectivity index (χ2v) is 4.49. The minimum absolute atomic E-state index is 0.0546. The number of carbonyl (C=O) groups excluding carboxylic acids is 1. The molecule has 3 aromatic heterocycles. The molecule has 23 heavy (non-hydrogen) atoms. The largest absolute Gasteiger partial charge is 0.465 e. The van der Waals surface area contributed by atoms with Crippen LogP contribution in [-0.2, 0) is 11.3 Å². The highest BCUT2D eigenvalue weighted by Gasteiger charge is 2.11. The minimum atomic E-state index is -0.335. The third-order valence-electron chi connectivity index (χ3n) is 2.88. The number of nitrogens with one attached hydrogen (secondary N) is 2. The Morgan fingerprint density at radius 2 is 2.26 bits per heavy atom. The minimum Gasteiger partial charge on any atom is -0.465 e. The van der Waals surface area contributed by atoms with Crippen LogP contribution in [0.4, 0.5) is 0 Å². The highest BCUT2D eigenvalue weighted by atomic mass is 16.5. The van der Waals surface area contributed by atoms with Gasteiger partial charge in [0.05, 0.1) is 18.4 Å². The topological polar surface area (TPSA) is 114 Å². The number of hydrogen-bond acceptors (Lipinski definition) is 6. The van der Waals surface area contributed by atoms with Crippen molar-refractivity contribution >= 4 is 12.0 Å². The van der Waals surface area contributed by atoms with E-state index in [1.807, 2.05) is 0 Å². The zero-order chi connectivity index (χ0) is 16.1. The molecule has 0 saturated heterocycles. The molecule has 0 aliphatic heterocycles. The summed E-state index contributed by atoms with van der Waals surface area (Å²) in [6.07, 6.45) is 5.90. The summed E-state index contributed by atoms with van der Waals surface area (Å²) in [6.45, 7) is 0.0546. The Labute approximate surface area is 129 Å². The van der Waals surface area contributed by atoms with E-state index in [1.54, 1.807) is 24.3 Å². The van der Waals surface area contributed by atoms with Crippen LogP contribution in [0.2, 0.25) is 0 Å². The molecule has 0 spiro atoms. The van der Waals surface area contributed by atoms with Crippen molar-refractivity contribution in [2.75, 3.05) is 0 Å². The number of amides is 1. The molecule has 3 aromatic rings. The molecule has 8 heteroatoms. The highest BCUT2D eigenvalue weighted by molar-refractivity contribution is 5.91. The van der Waals surface area contributed by atoms with Gasteiger partial charge >= 0.3 is 0 Å². The monoisotopic (exact) mass is 312 g/mol. The Morgan fingerprint density at radius 3 is 3.04 bits per heavy atom. The molecule has 8 nitrogen and oxygen atoms in total. The maximum atomic E-state index is 11.7. The molecule has 0 fully saturated rings. The van der Waals surface area contributed by atoms with E-state index in [1.165, 1.54) is 24.6 Å². The van der Waals surface area contributed by atoms with Gasteiger partial charge in [-0.05, 0) is 30.3 Å². The first kappa shape index (κ1) is 14.5. The molecular weight excluding hydrogens is 300 g/mol. The average molecular weight is 312 g/mol. The first-order valence-corrected chi connectivity index (χ1v) is 6.72. The standard InChI is InChI=1S/C15H12N4O4/c20-12(6-5-10-3-2-8-22-10)17-9-13-18-14(19-23-13)11-4-1-7-16-15(11)21/h1-8H,9H2,(H,16,21)(H,17,20)/b6-5+. The third-order valence-corrected chi connectivity index (χ3v) is 2.88. The van der Waals surface area contributed by atoms with Crippen molar-refractivity contribution in [3.8, 4) is 11.4 Å². The average Bonchev–Trinajstić information content (AvgIpc) is 3.23. The number of aromatic amines is 1. The smallest absolute Gasteiger partial charge is 0.259 e. The zero-order valence-electron chi connectivity index (χ0n) is 11.9. The number of pyridine rings is 1. The highest BCUT2D eigenvalue weighted by Crippen LogP contribution is 2.10. The lowest BCUT2D eigenvalue weighted by atomic mass is 10.3. The van der Waals surface area contributed by atoms with Crippen molar-refractivity contribution in [1.82, 2.24) is 20.4 Å². The van der Waals surface area contributed by atoms with Gasteiger partial charge in [-0.1, -0.05) is 5.16 Å². The molecule has 2 N–H and O–H groups in total. The van der Waals surface area contributed by atoms with Crippen LogP contribution < -0.4 is 10.9 Å². The van der Waals surface area contributed by atoms with E-state index >= 15 is 0 Å². The van der Waals surface area contributed by atoms with E-state index in [4.69, 9.17) is 8.94 Å². The van der Waals surface area contributed by atoms with Gasteiger partial charge in [0.25, 0.3) is 5.56 Å². The van der Waals surface area contributed by atoms with Crippen LogP contribution in [-0.4, -0.2) is 21.0 Å². The van der Waals surface area contributed by atoms with Gasteiger partial charge in [0.2, 0.25) is 17.6 Å². The fraction of sp³-hybridized carbons (Fsp3) is 0.0667. The maximum Gasteiger partial charge on any atom is 0.259 e. The summed E-state index contributed by atoms with van der Waals surface area (Å²) < 4.78 is 10.1. The van der Waals surface area contributed by atoms with Gasteiger partial charge in [-0.15, -0.1) is 0 Å². The Hall–Kier alpha value is -3.42. The molecule has 116 valence electrons. The number of furan rings is 1. The molecule has 0 saturated carbocycles. The van der Waals surface area contributed by atoms with E-state index in [0.29, 0.717) is 11.3 Å². The Morgan fingerprint density at radius 1 is 1.35 bits per heavy atom. The van der Waals surface area contributed by atoms with Crippen LogP contribution in [0.3, 0.4) is 0 Å².